The van der Waals surface area contributed by atoms with Gasteiger partial charge in [0.05, 0.1) is 25.4 Å². The van der Waals surface area contributed by atoms with Crippen molar-refractivity contribution in [2.75, 3.05) is 13.2 Å². The Morgan fingerprint density at radius 3 is 0.887 bits per heavy atom. The van der Waals surface area contributed by atoms with Gasteiger partial charge < -0.3 is 20.3 Å². The Hall–Kier alpha value is -1.92. The van der Waals surface area contributed by atoms with Crippen LogP contribution >= 0.6 is 0 Å². The van der Waals surface area contributed by atoms with Crippen LogP contribution in [0.3, 0.4) is 0 Å². The number of allylic oxidation sites excluding steroid dienone is 5. The van der Waals surface area contributed by atoms with E-state index in [1.165, 1.54) is 321 Å². The normalized spacial score (nSPS) is 12.7. The molecule has 0 spiro atoms. The van der Waals surface area contributed by atoms with Gasteiger partial charge in [-0.05, 0) is 83.5 Å². The quantitative estimate of drug-likeness (QED) is 0.0320. The molecule has 1 amide bonds. The molecular formula is C74H141NO5. The number of unbranched alkanes of at least 4 members (excludes halogenated alkanes) is 53. The summed E-state index contributed by atoms with van der Waals surface area (Å²) in [5, 5.41) is 23.3. The molecule has 80 heavy (non-hydrogen) atoms. The van der Waals surface area contributed by atoms with Gasteiger partial charge in [0, 0.05) is 12.8 Å². The summed E-state index contributed by atoms with van der Waals surface area (Å²) in [6.45, 7) is 4.93. The van der Waals surface area contributed by atoms with Gasteiger partial charge in [-0.2, -0.15) is 0 Å². The molecule has 6 heteroatoms. The van der Waals surface area contributed by atoms with Crippen molar-refractivity contribution in [2.45, 2.75) is 411 Å². The fourth-order valence-corrected chi connectivity index (χ4v) is 11.3. The number of esters is 1. The van der Waals surface area contributed by atoms with E-state index < -0.39 is 12.1 Å². The molecule has 0 aliphatic heterocycles. The lowest BCUT2D eigenvalue weighted by Gasteiger charge is -2.20. The molecule has 2 unspecified atom stereocenters. The zero-order valence-corrected chi connectivity index (χ0v) is 54.1. The molecule has 0 rings (SSSR count). The van der Waals surface area contributed by atoms with Crippen molar-refractivity contribution >= 4 is 11.9 Å². The molecule has 472 valence electrons. The van der Waals surface area contributed by atoms with Crippen molar-refractivity contribution in [3.8, 4) is 0 Å². The minimum Gasteiger partial charge on any atom is -0.466 e. The monoisotopic (exact) mass is 1120 g/mol. The zero-order chi connectivity index (χ0) is 57.8. The highest BCUT2D eigenvalue weighted by atomic mass is 16.5. The van der Waals surface area contributed by atoms with Gasteiger partial charge >= 0.3 is 5.97 Å². The number of nitrogens with one attached hydrogen (secondary N) is 1. The van der Waals surface area contributed by atoms with Gasteiger partial charge in [0.2, 0.25) is 5.91 Å². The molecule has 0 radical (unpaired) electrons. The van der Waals surface area contributed by atoms with Crippen molar-refractivity contribution in [1.29, 1.82) is 0 Å². The number of rotatable bonds is 68. The summed E-state index contributed by atoms with van der Waals surface area (Å²) in [6.07, 6.45) is 89.4. The van der Waals surface area contributed by atoms with E-state index >= 15 is 0 Å². The Labute approximate surface area is 500 Å². The lowest BCUT2D eigenvalue weighted by Crippen LogP contribution is -2.45. The summed E-state index contributed by atoms with van der Waals surface area (Å²) < 4.78 is 5.51. The SMILES string of the molecule is CCCCCCCC/C=C\CCCCCCCCCCCC(=O)OCCCCCCCCCCCC/C=C\CCCCCCCCCC(=O)NC(CO)C(O)/C=C/CCCCCCCCCCCCCCCCCCCCCCC. The molecule has 2 atom stereocenters. The first-order valence-corrected chi connectivity index (χ1v) is 36.3. The molecule has 6 nitrogen and oxygen atoms in total. The van der Waals surface area contributed by atoms with Gasteiger partial charge in [-0.15, -0.1) is 0 Å². The number of carbonyl (C=O) groups is 2. The first kappa shape index (κ1) is 78.1. The lowest BCUT2D eigenvalue weighted by molar-refractivity contribution is -0.143. The third-order valence-corrected chi connectivity index (χ3v) is 16.9. The number of hydrogen-bond donors (Lipinski definition) is 3. The molecule has 0 heterocycles. The molecule has 0 fully saturated rings. The summed E-state index contributed by atoms with van der Waals surface area (Å²) in [7, 11) is 0. The van der Waals surface area contributed by atoms with E-state index in [9.17, 15) is 19.8 Å². The van der Waals surface area contributed by atoms with E-state index in [4.69, 9.17) is 4.74 Å². The predicted molar refractivity (Wildman–Crippen MR) is 352 cm³/mol. The van der Waals surface area contributed by atoms with Crippen LogP contribution in [0.5, 0.6) is 0 Å². The number of aliphatic hydroxyl groups excluding tert-OH is 2. The fourth-order valence-electron chi connectivity index (χ4n) is 11.3. The van der Waals surface area contributed by atoms with Crippen molar-refractivity contribution < 1.29 is 24.5 Å². The van der Waals surface area contributed by atoms with E-state index in [1.54, 1.807) is 6.08 Å². The molecule has 0 aromatic rings. The maximum absolute atomic E-state index is 12.5. The maximum atomic E-state index is 12.5. The third-order valence-electron chi connectivity index (χ3n) is 16.9. The fraction of sp³-hybridized carbons (Fsp3) is 0.892. The second kappa shape index (κ2) is 69.6. The second-order valence-corrected chi connectivity index (χ2v) is 24.9. The van der Waals surface area contributed by atoms with Gasteiger partial charge in [-0.1, -0.05) is 339 Å². The van der Waals surface area contributed by atoms with Gasteiger partial charge in [-0.25, -0.2) is 0 Å². The van der Waals surface area contributed by atoms with Crippen LogP contribution in [0.4, 0.5) is 0 Å². The molecule has 0 aliphatic carbocycles. The highest BCUT2D eigenvalue weighted by molar-refractivity contribution is 5.76. The van der Waals surface area contributed by atoms with E-state index in [2.05, 4.69) is 43.5 Å². The van der Waals surface area contributed by atoms with Crippen molar-refractivity contribution in [1.82, 2.24) is 5.32 Å². The van der Waals surface area contributed by atoms with Crippen LogP contribution in [0.2, 0.25) is 0 Å². The highest BCUT2D eigenvalue weighted by Crippen LogP contribution is 2.18. The van der Waals surface area contributed by atoms with Crippen LogP contribution in [-0.2, 0) is 14.3 Å². The van der Waals surface area contributed by atoms with E-state index in [0.717, 1.165) is 51.4 Å². The maximum Gasteiger partial charge on any atom is 0.305 e. The standard InChI is InChI=1S/C74H141NO5/c1-3-5-7-9-11-13-15-17-19-21-23-24-25-27-31-34-38-42-46-50-54-58-62-66-72(77)71(70-76)75-73(78)67-63-59-55-51-47-43-39-35-32-28-26-29-33-37-41-45-49-53-57-61-65-69-80-74(79)68-64-60-56-52-48-44-40-36-30-22-20-18-16-14-12-10-8-6-4-2/h18,20,28,32,62,66,71-72,76-77H,3-17,19,21-27,29-31,33-61,63-65,67-70H2,1-2H3,(H,75,78)/b20-18-,32-28-,66-62+. The summed E-state index contributed by atoms with van der Waals surface area (Å²) in [5.74, 6) is -0.0640. The second-order valence-electron chi connectivity index (χ2n) is 24.9. The molecule has 0 aromatic heterocycles. The number of ether oxygens (including phenoxy) is 1. The Morgan fingerprint density at radius 2 is 0.588 bits per heavy atom. The molecule has 0 bridgehead atoms. The van der Waals surface area contributed by atoms with Crippen LogP contribution in [-0.4, -0.2) is 47.4 Å². The Kier molecular flexibility index (Phi) is 67.9. The molecule has 0 aliphatic rings. The molecule has 0 aromatic carbocycles. The van der Waals surface area contributed by atoms with E-state index in [-0.39, 0.29) is 18.5 Å². The minimum absolute atomic E-state index is 0.00793. The van der Waals surface area contributed by atoms with Crippen LogP contribution in [0.15, 0.2) is 36.5 Å². The number of aliphatic hydroxyl groups is 2. The summed E-state index contributed by atoms with van der Waals surface area (Å²) in [6, 6.07) is -0.635. The molecule has 0 saturated heterocycles. The lowest BCUT2D eigenvalue weighted by atomic mass is 10.0. The topological polar surface area (TPSA) is 95.9 Å². The zero-order valence-electron chi connectivity index (χ0n) is 54.1. The van der Waals surface area contributed by atoms with Crippen LogP contribution in [0.1, 0.15) is 399 Å². The average Bonchev–Trinajstić information content (AvgIpc) is 3.46. The Balaban J connectivity index is 3.43. The first-order chi connectivity index (χ1) is 39.5. The van der Waals surface area contributed by atoms with Gasteiger partial charge in [0.25, 0.3) is 0 Å². The molecule has 3 N–H and O–H groups in total. The van der Waals surface area contributed by atoms with E-state index in [0.29, 0.717) is 19.4 Å². The average molecular weight is 1120 g/mol. The number of carbonyl (C=O) groups excluding carboxylic acids is 2. The van der Waals surface area contributed by atoms with Crippen LogP contribution < -0.4 is 5.32 Å². The van der Waals surface area contributed by atoms with Gasteiger partial charge in [0.1, 0.15) is 0 Å². The third kappa shape index (κ3) is 65.2. The van der Waals surface area contributed by atoms with Gasteiger partial charge in [-0.3, -0.25) is 9.59 Å². The minimum atomic E-state index is -0.851. The number of hydrogen-bond acceptors (Lipinski definition) is 5. The highest BCUT2D eigenvalue weighted by Gasteiger charge is 2.18. The Bertz CT molecular complexity index is 1300. The smallest absolute Gasteiger partial charge is 0.305 e. The molecule has 0 saturated carbocycles. The Morgan fingerprint density at radius 1 is 0.338 bits per heavy atom. The summed E-state index contributed by atoms with van der Waals surface area (Å²) in [4.78, 5) is 24.6. The van der Waals surface area contributed by atoms with Crippen LogP contribution in [0.25, 0.3) is 0 Å². The van der Waals surface area contributed by atoms with E-state index in [1.807, 2.05) is 6.08 Å². The van der Waals surface area contributed by atoms with Crippen molar-refractivity contribution in [3.05, 3.63) is 36.5 Å². The molecular weight excluding hydrogens is 983 g/mol. The van der Waals surface area contributed by atoms with Crippen molar-refractivity contribution in [3.63, 3.8) is 0 Å². The summed E-state index contributed by atoms with van der Waals surface area (Å²) >= 11 is 0. The van der Waals surface area contributed by atoms with Crippen molar-refractivity contribution in [2.24, 2.45) is 0 Å². The predicted octanol–water partition coefficient (Wildman–Crippen LogP) is 23.5. The first-order valence-electron chi connectivity index (χ1n) is 36.3. The largest absolute Gasteiger partial charge is 0.466 e. The summed E-state index contributed by atoms with van der Waals surface area (Å²) in [5.41, 5.74) is 0. The van der Waals surface area contributed by atoms with Gasteiger partial charge in [0.15, 0.2) is 0 Å². The van der Waals surface area contributed by atoms with Crippen LogP contribution in [0, 0.1) is 0 Å². The number of amides is 1.